The Labute approximate surface area is 125 Å². The van der Waals surface area contributed by atoms with Crippen LogP contribution in [0.5, 0.6) is 0 Å². The van der Waals surface area contributed by atoms with Gasteiger partial charge in [-0.15, -0.1) is 0 Å². The number of rotatable bonds is 5. The Morgan fingerprint density at radius 2 is 2.19 bits per heavy atom. The predicted molar refractivity (Wildman–Crippen MR) is 80.2 cm³/mol. The Morgan fingerprint density at radius 3 is 2.95 bits per heavy atom. The highest BCUT2D eigenvalue weighted by atomic mass is 16.5. The number of carbonyl (C=O) groups excluding carboxylic acids is 1. The molecule has 0 aliphatic carbocycles. The number of anilines is 1. The van der Waals surface area contributed by atoms with Gasteiger partial charge < -0.3 is 14.8 Å². The van der Waals surface area contributed by atoms with Crippen LogP contribution in [0.25, 0.3) is 0 Å². The van der Waals surface area contributed by atoms with Crippen molar-refractivity contribution in [3.05, 3.63) is 30.3 Å². The van der Waals surface area contributed by atoms with Crippen LogP contribution in [-0.4, -0.2) is 56.4 Å². The van der Waals surface area contributed by atoms with Crippen LogP contribution in [-0.2, 0) is 14.3 Å². The topological polar surface area (TPSA) is 50.8 Å². The number of carbonyl (C=O) groups is 1. The van der Waals surface area contributed by atoms with Gasteiger partial charge in [0.1, 0.15) is 0 Å². The van der Waals surface area contributed by atoms with E-state index in [4.69, 9.17) is 9.47 Å². The molecule has 5 nitrogen and oxygen atoms in total. The Kier molecular flexibility index (Phi) is 4.53. The maximum atomic E-state index is 12.4. The molecule has 0 unspecified atom stereocenters. The smallest absolute Gasteiger partial charge is 0.230 e. The van der Waals surface area contributed by atoms with Gasteiger partial charge in [-0.05, 0) is 18.6 Å². The second-order valence-electron chi connectivity index (χ2n) is 5.75. The van der Waals surface area contributed by atoms with Gasteiger partial charge in [0, 0.05) is 32.4 Å². The second kappa shape index (κ2) is 6.56. The molecule has 21 heavy (non-hydrogen) atoms. The van der Waals surface area contributed by atoms with Gasteiger partial charge in [-0.25, -0.2) is 0 Å². The van der Waals surface area contributed by atoms with Crippen molar-refractivity contribution in [2.24, 2.45) is 5.92 Å². The molecule has 3 atom stereocenters. The number of ether oxygens (including phenoxy) is 2. The summed E-state index contributed by atoms with van der Waals surface area (Å²) in [6, 6.07) is 9.60. The highest BCUT2D eigenvalue weighted by Crippen LogP contribution is 2.32. The number of likely N-dealkylation sites (tertiary alicyclic amines) is 1. The summed E-state index contributed by atoms with van der Waals surface area (Å²) < 4.78 is 11.1. The van der Waals surface area contributed by atoms with Crippen LogP contribution in [0, 0.1) is 5.92 Å². The van der Waals surface area contributed by atoms with Gasteiger partial charge in [-0.3, -0.25) is 9.69 Å². The minimum atomic E-state index is -0.0530. The number of fused-ring (bicyclic) bond motifs is 2. The summed E-state index contributed by atoms with van der Waals surface area (Å²) in [5.74, 6) is 0.0186. The zero-order chi connectivity index (χ0) is 14.7. The summed E-state index contributed by atoms with van der Waals surface area (Å²) in [6.45, 7) is 3.34. The fourth-order valence-electron chi connectivity index (χ4n) is 3.17. The molecule has 2 aliphatic rings. The van der Waals surface area contributed by atoms with Gasteiger partial charge in [0.15, 0.2) is 0 Å². The predicted octanol–water partition coefficient (Wildman–Crippen LogP) is 1.36. The summed E-state index contributed by atoms with van der Waals surface area (Å²) in [7, 11) is 1.71. The number of methoxy groups -OCH3 is 1. The lowest BCUT2D eigenvalue weighted by atomic mass is 9.99. The summed E-state index contributed by atoms with van der Waals surface area (Å²) in [5, 5.41) is 2.99. The van der Waals surface area contributed by atoms with Crippen molar-refractivity contribution in [3.8, 4) is 0 Å². The van der Waals surface area contributed by atoms with Crippen molar-refractivity contribution in [2.75, 3.05) is 38.7 Å². The van der Waals surface area contributed by atoms with Crippen molar-refractivity contribution in [1.29, 1.82) is 0 Å². The molecule has 1 aromatic carbocycles. The summed E-state index contributed by atoms with van der Waals surface area (Å²) in [4.78, 5) is 14.8. The van der Waals surface area contributed by atoms with Crippen LogP contribution in [0.1, 0.15) is 6.42 Å². The Hall–Kier alpha value is -1.43. The fourth-order valence-corrected chi connectivity index (χ4v) is 3.17. The lowest BCUT2D eigenvalue weighted by Crippen LogP contribution is -2.45. The number of hydrogen-bond acceptors (Lipinski definition) is 4. The average Bonchev–Trinajstić information content (AvgIpc) is 2.81. The van der Waals surface area contributed by atoms with Crippen LogP contribution < -0.4 is 5.32 Å². The first-order valence-corrected chi connectivity index (χ1v) is 7.49. The van der Waals surface area contributed by atoms with E-state index in [9.17, 15) is 4.79 Å². The SMILES string of the molecule is COCCN1C[C@H]2C[C@H](C(=O)Nc3ccccc3)[C@@H](C1)O2. The molecule has 3 rings (SSSR count). The van der Waals surface area contributed by atoms with Crippen LogP contribution in [0.4, 0.5) is 5.69 Å². The van der Waals surface area contributed by atoms with E-state index in [0.717, 1.165) is 38.3 Å². The fraction of sp³-hybridized carbons (Fsp3) is 0.562. The molecule has 2 bridgehead atoms. The molecule has 1 amide bonds. The number of nitrogens with one attached hydrogen (secondary N) is 1. The maximum Gasteiger partial charge on any atom is 0.230 e. The van der Waals surface area contributed by atoms with E-state index in [2.05, 4.69) is 10.2 Å². The third-order valence-electron chi connectivity index (χ3n) is 4.22. The lowest BCUT2D eigenvalue weighted by Gasteiger charge is -2.32. The standard InChI is InChI=1S/C16H22N2O3/c1-20-8-7-18-10-13-9-14(15(11-18)21-13)16(19)17-12-5-3-2-4-6-12/h2-6,13-15H,7-11H2,1H3,(H,17,19)/t13-,14+,15-/m1/s1. The molecule has 2 heterocycles. The Morgan fingerprint density at radius 1 is 1.38 bits per heavy atom. The molecule has 1 N–H and O–H groups in total. The number of amides is 1. The maximum absolute atomic E-state index is 12.4. The van der Waals surface area contributed by atoms with Gasteiger partial charge in [0.2, 0.25) is 5.91 Å². The Bertz CT molecular complexity index is 480. The number of nitrogens with zero attached hydrogens (tertiary/aromatic N) is 1. The molecule has 0 radical (unpaired) electrons. The zero-order valence-electron chi connectivity index (χ0n) is 12.3. The summed E-state index contributed by atoms with van der Waals surface area (Å²) in [5.41, 5.74) is 0.847. The highest BCUT2D eigenvalue weighted by Gasteiger charge is 2.44. The van der Waals surface area contributed by atoms with Crippen LogP contribution in [0.2, 0.25) is 0 Å². The van der Waals surface area contributed by atoms with Crippen molar-refractivity contribution in [1.82, 2.24) is 4.90 Å². The van der Waals surface area contributed by atoms with Crippen molar-refractivity contribution >= 4 is 11.6 Å². The van der Waals surface area contributed by atoms with Gasteiger partial charge in [0.25, 0.3) is 0 Å². The van der Waals surface area contributed by atoms with Crippen molar-refractivity contribution < 1.29 is 14.3 Å². The van der Waals surface area contributed by atoms with Crippen LogP contribution >= 0.6 is 0 Å². The molecular weight excluding hydrogens is 268 g/mol. The number of benzene rings is 1. The first-order valence-electron chi connectivity index (χ1n) is 7.49. The van der Waals surface area contributed by atoms with E-state index < -0.39 is 0 Å². The zero-order valence-corrected chi connectivity index (χ0v) is 12.3. The van der Waals surface area contributed by atoms with E-state index in [1.165, 1.54) is 0 Å². The molecule has 0 aromatic heterocycles. The third kappa shape index (κ3) is 3.43. The van der Waals surface area contributed by atoms with E-state index in [1.807, 2.05) is 30.3 Å². The van der Waals surface area contributed by atoms with E-state index >= 15 is 0 Å². The molecule has 0 saturated carbocycles. The molecular formula is C16H22N2O3. The van der Waals surface area contributed by atoms with Gasteiger partial charge in [-0.2, -0.15) is 0 Å². The largest absolute Gasteiger partial charge is 0.383 e. The second-order valence-corrected chi connectivity index (χ2v) is 5.75. The highest BCUT2D eigenvalue weighted by molar-refractivity contribution is 5.93. The van der Waals surface area contributed by atoms with E-state index in [1.54, 1.807) is 7.11 Å². The minimum Gasteiger partial charge on any atom is -0.383 e. The first kappa shape index (κ1) is 14.5. The lowest BCUT2D eigenvalue weighted by molar-refractivity contribution is -0.123. The third-order valence-corrected chi connectivity index (χ3v) is 4.22. The summed E-state index contributed by atoms with van der Waals surface area (Å²) >= 11 is 0. The average molecular weight is 290 g/mol. The summed E-state index contributed by atoms with van der Waals surface area (Å²) in [6.07, 6.45) is 0.990. The molecule has 0 spiro atoms. The molecule has 5 heteroatoms. The van der Waals surface area contributed by atoms with Gasteiger partial charge in [-0.1, -0.05) is 18.2 Å². The molecule has 1 aromatic rings. The van der Waals surface area contributed by atoms with Crippen LogP contribution in [0.15, 0.2) is 30.3 Å². The number of morpholine rings is 1. The van der Waals surface area contributed by atoms with Gasteiger partial charge in [0.05, 0.1) is 24.7 Å². The monoisotopic (exact) mass is 290 g/mol. The first-order chi connectivity index (χ1) is 10.3. The van der Waals surface area contributed by atoms with Crippen molar-refractivity contribution in [2.45, 2.75) is 18.6 Å². The van der Waals surface area contributed by atoms with E-state index in [-0.39, 0.29) is 24.0 Å². The normalized spacial score (nSPS) is 28.5. The molecule has 2 saturated heterocycles. The number of para-hydroxylation sites is 1. The quantitative estimate of drug-likeness (QED) is 0.889. The van der Waals surface area contributed by atoms with Crippen LogP contribution in [0.3, 0.4) is 0 Å². The molecule has 114 valence electrons. The Balaban J connectivity index is 1.58. The van der Waals surface area contributed by atoms with Crippen molar-refractivity contribution in [3.63, 3.8) is 0 Å². The number of hydrogen-bond donors (Lipinski definition) is 1. The van der Waals surface area contributed by atoms with E-state index in [0.29, 0.717) is 0 Å². The van der Waals surface area contributed by atoms with Gasteiger partial charge >= 0.3 is 0 Å². The minimum absolute atomic E-state index is 0.00400. The molecule has 2 aliphatic heterocycles. The molecule has 2 fully saturated rings.